The van der Waals surface area contributed by atoms with Gasteiger partial charge in [0.15, 0.2) is 5.82 Å². The number of carbonyl (C=O) groups excluding carboxylic acids is 1. The van der Waals surface area contributed by atoms with E-state index in [0.717, 1.165) is 30.6 Å². The van der Waals surface area contributed by atoms with Gasteiger partial charge < -0.3 is 10.2 Å². The zero-order valence-electron chi connectivity index (χ0n) is 15.6. The summed E-state index contributed by atoms with van der Waals surface area (Å²) in [5.41, 5.74) is 0.597. The summed E-state index contributed by atoms with van der Waals surface area (Å²) in [6, 6.07) is 4.32. The monoisotopic (exact) mass is 418 g/mol. The van der Waals surface area contributed by atoms with Crippen LogP contribution < -0.4 is 15.9 Å². The summed E-state index contributed by atoms with van der Waals surface area (Å²) in [4.78, 5) is 31.4. The Hall–Kier alpha value is -2.94. The normalized spacial score (nSPS) is 14.3. The number of piperidine rings is 1. The Balaban J connectivity index is 1.50. The van der Waals surface area contributed by atoms with E-state index in [1.165, 1.54) is 23.0 Å². The first kappa shape index (κ1) is 19.4. The first-order chi connectivity index (χ1) is 14.0. The van der Waals surface area contributed by atoms with Crippen LogP contribution in [0.25, 0.3) is 5.65 Å². The first-order valence-corrected chi connectivity index (χ1v) is 9.80. The van der Waals surface area contributed by atoms with E-state index in [9.17, 15) is 14.0 Å². The van der Waals surface area contributed by atoms with Crippen molar-refractivity contribution >= 4 is 29.0 Å². The van der Waals surface area contributed by atoms with E-state index < -0.39 is 17.4 Å². The van der Waals surface area contributed by atoms with Crippen LogP contribution in [0, 0.1) is 5.82 Å². The molecule has 29 heavy (non-hydrogen) atoms. The molecule has 1 aromatic carbocycles. The molecule has 152 valence electrons. The molecule has 1 saturated heterocycles. The van der Waals surface area contributed by atoms with Crippen LogP contribution in [0.15, 0.2) is 35.4 Å². The number of amides is 1. The van der Waals surface area contributed by atoms with Gasteiger partial charge in [-0.25, -0.2) is 23.3 Å². The molecule has 10 heteroatoms. The van der Waals surface area contributed by atoms with Crippen molar-refractivity contribution in [3.63, 3.8) is 0 Å². The van der Waals surface area contributed by atoms with Gasteiger partial charge in [-0.05, 0) is 37.0 Å². The number of nitrogens with one attached hydrogen (secondary N) is 1. The number of benzene rings is 1. The van der Waals surface area contributed by atoms with Crippen LogP contribution in [0.2, 0.25) is 5.02 Å². The molecule has 1 amide bonds. The van der Waals surface area contributed by atoms with Crippen molar-refractivity contribution in [2.24, 2.45) is 0 Å². The first-order valence-electron chi connectivity index (χ1n) is 9.42. The number of rotatable bonds is 5. The molecular formula is C19H20ClFN6O2. The number of aromatic nitrogens is 4. The summed E-state index contributed by atoms with van der Waals surface area (Å²) in [7, 11) is 0. The molecule has 1 N–H and O–H groups in total. The van der Waals surface area contributed by atoms with Gasteiger partial charge in [-0.15, -0.1) is 5.10 Å². The Labute approximate surface area is 170 Å². The highest BCUT2D eigenvalue weighted by molar-refractivity contribution is 6.30. The molecule has 0 atom stereocenters. The summed E-state index contributed by atoms with van der Waals surface area (Å²) in [6.07, 6.45) is 6.43. The topological polar surface area (TPSA) is 84.5 Å². The maximum Gasteiger partial charge on any atom is 0.350 e. The van der Waals surface area contributed by atoms with E-state index in [2.05, 4.69) is 20.3 Å². The molecule has 3 heterocycles. The molecule has 1 aliphatic heterocycles. The summed E-state index contributed by atoms with van der Waals surface area (Å²) in [5, 5.41) is 7.02. The number of hydrogen-bond donors (Lipinski definition) is 1. The van der Waals surface area contributed by atoms with Gasteiger partial charge in [-0.1, -0.05) is 17.7 Å². The van der Waals surface area contributed by atoms with Crippen molar-refractivity contribution in [2.45, 2.75) is 32.4 Å². The molecule has 0 saturated carbocycles. The molecule has 4 rings (SSSR count). The van der Waals surface area contributed by atoms with E-state index in [1.807, 2.05) is 0 Å². The zero-order chi connectivity index (χ0) is 20.4. The van der Waals surface area contributed by atoms with Crippen molar-refractivity contribution in [2.75, 3.05) is 18.0 Å². The number of nitrogens with zero attached hydrogens (tertiary/aromatic N) is 5. The fourth-order valence-corrected chi connectivity index (χ4v) is 3.53. The average molecular weight is 419 g/mol. The fourth-order valence-electron chi connectivity index (χ4n) is 3.41. The van der Waals surface area contributed by atoms with E-state index in [4.69, 9.17) is 11.6 Å². The van der Waals surface area contributed by atoms with Crippen molar-refractivity contribution in [3.05, 3.63) is 57.5 Å². The minimum Gasteiger partial charge on any atom is -0.353 e. The summed E-state index contributed by atoms with van der Waals surface area (Å²) >= 11 is 5.66. The maximum absolute atomic E-state index is 13.5. The van der Waals surface area contributed by atoms with Crippen LogP contribution in [0.3, 0.4) is 0 Å². The van der Waals surface area contributed by atoms with Gasteiger partial charge >= 0.3 is 5.69 Å². The van der Waals surface area contributed by atoms with Gasteiger partial charge in [-0.2, -0.15) is 0 Å². The second-order valence-electron chi connectivity index (χ2n) is 6.96. The Kier molecular flexibility index (Phi) is 5.48. The Morgan fingerprint density at radius 3 is 2.79 bits per heavy atom. The average Bonchev–Trinajstić information content (AvgIpc) is 3.05. The van der Waals surface area contributed by atoms with Crippen molar-refractivity contribution in [3.8, 4) is 0 Å². The van der Waals surface area contributed by atoms with E-state index in [0.29, 0.717) is 17.0 Å². The van der Waals surface area contributed by atoms with Crippen LogP contribution in [-0.2, 0) is 17.9 Å². The third-order valence-corrected chi connectivity index (χ3v) is 5.21. The predicted octanol–water partition coefficient (Wildman–Crippen LogP) is 1.99. The number of carbonyl (C=O) groups is 1. The SMILES string of the molecule is O=C(Cn1nc2c(N3CCCCC3)nccn2c1=O)NCc1ccc(Cl)c(F)c1. The molecule has 0 aliphatic carbocycles. The zero-order valence-corrected chi connectivity index (χ0v) is 16.4. The molecule has 3 aromatic rings. The third-order valence-electron chi connectivity index (χ3n) is 4.91. The summed E-state index contributed by atoms with van der Waals surface area (Å²) in [6.45, 7) is 1.61. The summed E-state index contributed by atoms with van der Waals surface area (Å²) < 4.78 is 16.0. The van der Waals surface area contributed by atoms with Crippen LogP contribution in [0.4, 0.5) is 10.2 Å². The second kappa shape index (κ2) is 8.20. The third kappa shape index (κ3) is 4.09. The molecular weight excluding hydrogens is 399 g/mol. The maximum atomic E-state index is 13.5. The lowest BCUT2D eigenvalue weighted by Crippen LogP contribution is -2.32. The van der Waals surface area contributed by atoms with Gasteiger partial charge in [-0.3, -0.25) is 4.79 Å². The standard InChI is InChI=1S/C19H20ClFN6O2/c20-14-5-4-13(10-15(14)21)11-23-16(28)12-27-19(29)26-9-6-22-17(18(26)24-27)25-7-2-1-3-8-25/h4-6,9-10H,1-3,7-8,11-12H2,(H,23,28). The van der Waals surface area contributed by atoms with Crippen LogP contribution in [0.5, 0.6) is 0 Å². The van der Waals surface area contributed by atoms with Crippen molar-refractivity contribution in [1.29, 1.82) is 0 Å². The van der Waals surface area contributed by atoms with Gasteiger partial charge in [0.1, 0.15) is 12.4 Å². The van der Waals surface area contributed by atoms with Crippen LogP contribution in [-0.4, -0.2) is 38.2 Å². The fraction of sp³-hybridized carbons (Fsp3) is 0.368. The Morgan fingerprint density at radius 1 is 1.24 bits per heavy atom. The number of anilines is 1. The lowest BCUT2D eigenvalue weighted by atomic mass is 10.1. The van der Waals surface area contributed by atoms with E-state index >= 15 is 0 Å². The van der Waals surface area contributed by atoms with Gasteiger partial charge in [0.25, 0.3) is 0 Å². The van der Waals surface area contributed by atoms with Crippen LogP contribution >= 0.6 is 11.6 Å². The van der Waals surface area contributed by atoms with Gasteiger partial charge in [0, 0.05) is 32.0 Å². The Morgan fingerprint density at radius 2 is 2.03 bits per heavy atom. The molecule has 0 radical (unpaired) electrons. The van der Waals surface area contributed by atoms with Gasteiger partial charge in [0.2, 0.25) is 11.6 Å². The highest BCUT2D eigenvalue weighted by atomic mass is 35.5. The molecule has 8 nitrogen and oxygen atoms in total. The predicted molar refractivity (Wildman–Crippen MR) is 107 cm³/mol. The highest BCUT2D eigenvalue weighted by Gasteiger charge is 2.19. The molecule has 0 unspecified atom stereocenters. The van der Waals surface area contributed by atoms with Crippen LogP contribution in [0.1, 0.15) is 24.8 Å². The lowest BCUT2D eigenvalue weighted by Gasteiger charge is -2.27. The molecule has 0 bridgehead atoms. The smallest absolute Gasteiger partial charge is 0.350 e. The quantitative estimate of drug-likeness (QED) is 0.685. The summed E-state index contributed by atoms with van der Waals surface area (Å²) in [5.74, 6) is -0.300. The molecule has 0 spiro atoms. The lowest BCUT2D eigenvalue weighted by molar-refractivity contribution is -0.122. The largest absolute Gasteiger partial charge is 0.353 e. The molecule has 1 aliphatic rings. The molecule has 1 fully saturated rings. The minimum atomic E-state index is -0.548. The number of fused-ring (bicyclic) bond motifs is 1. The Bertz CT molecular complexity index is 1110. The van der Waals surface area contributed by atoms with Gasteiger partial charge in [0.05, 0.1) is 5.02 Å². The molecule has 2 aromatic heterocycles. The number of halogens is 2. The highest BCUT2D eigenvalue weighted by Crippen LogP contribution is 2.20. The van der Waals surface area contributed by atoms with E-state index in [-0.39, 0.29) is 18.1 Å². The minimum absolute atomic E-state index is 0.0226. The van der Waals surface area contributed by atoms with Crippen molar-refractivity contribution < 1.29 is 9.18 Å². The van der Waals surface area contributed by atoms with Crippen molar-refractivity contribution in [1.82, 2.24) is 24.5 Å². The van der Waals surface area contributed by atoms with E-state index in [1.54, 1.807) is 18.5 Å². The second-order valence-corrected chi connectivity index (χ2v) is 7.36. The number of hydrogen-bond acceptors (Lipinski definition) is 5.